The predicted molar refractivity (Wildman–Crippen MR) is 111 cm³/mol. The topological polar surface area (TPSA) is 58.6 Å². The fourth-order valence-electron chi connectivity index (χ4n) is 2.88. The van der Waals surface area contributed by atoms with Crippen LogP contribution in [-0.2, 0) is 22.6 Å². The van der Waals surface area contributed by atoms with Gasteiger partial charge in [-0.25, -0.2) is 4.39 Å². The van der Waals surface area contributed by atoms with Crippen molar-refractivity contribution < 1.29 is 18.7 Å². The standard InChI is InChI=1S/C23H29FN2O3/c1-5-16(2)25-23(28)17(3)26(15-18-10-12-20(29-4)13-11-18)22(27)14-19-8-6-7-9-21(19)24/h6-13,16-17H,5,14-15H2,1-4H3,(H,25,28)/t16-,17-/m1/s1. The highest BCUT2D eigenvalue weighted by molar-refractivity contribution is 5.88. The Balaban J connectivity index is 2.24. The third kappa shape index (κ3) is 6.31. The van der Waals surface area contributed by atoms with Crippen LogP contribution in [-0.4, -0.2) is 35.9 Å². The number of methoxy groups -OCH3 is 1. The summed E-state index contributed by atoms with van der Waals surface area (Å²) in [6.07, 6.45) is 0.684. The first kappa shape index (κ1) is 22.4. The van der Waals surface area contributed by atoms with Crippen LogP contribution in [0.25, 0.3) is 0 Å². The molecule has 0 aliphatic rings. The van der Waals surface area contributed by atoms with Crippen molar-refractivity contribution >= 4 is 11.8 Å². The lowest BCUT2D eigenvalue weighted by molar-refractivity contribution is -0.140. The van der Waals surface area contributed by atoms with Gasteiger partial charge in [0.05, 0.1) is 13.5 Å². The van der Waals surface area contributed by atoms with Crippen molar-refractivity contribution in [1.29, 1.82) is 0 Å². The maximum absolute atomic E-state index is 14.0. The van der Waals surface area contributed by atoms with E-state index in [9.17, 15) is 14.0 Å². The van der Waals surface area contributed by atoms with E-state index in [1.807, 2.05) is 26.0 Å². The molecule has 0 saturated carbocycles. The Morgan fingerprint density at radius 2 is 1.76 bits per heavy atom. The van der Waals surface area contributed by atoms with Crippen molar-refractivity contribution in [2.75, 3.05) is 7.11 Å². The van der Waals surface area contributed by atoms with E-state index in [1.165, 1.54) is 11.0 Å². The van der Waals surface area contributed by atoms with Crippen molar-refractivity contribution in [3.63, 3.8) is 0 Å². The van der Waals surface area contributed by atoms with Crippen LogP contribution in [0.15, 0.2) is 48.5 Å². The van der Waals surface area contributed by atoms with Crippen LogP contribution in [0.1, 0.15) is 38.3 Å². The maximum atomic E-state index is 14.0. The van der Waals surface area contributed by atoms with E-state index in [4.69, 9.17) is 4.74 Å². The number of rotatable bonds is 9. The zero-order valence-corrected chi connectivity index (χ0v) is 17.4. The van der Waals surface area contributed by atoms with Crippen LogP contribution in [0.3, 0.4) is 0 Å². The van der Waals surface area contributed by atoms with Gasteiger partial charge in [-0.3, -0.25) is 9.59 Å². The highest BCUT2D eigenvalue weighted by Crippen LogP contribution is 2.17. The van der Waals surface area contributed by atoms with E-state index in [0.29, 0.717) is 11.3 Å². The molecule has 0 saturated heterocycles. The first-order valence-electron chi connectivity index (χ1n) is 9.81. The van der Waals surface area contributed by atoms with Gasteiger partial charge in [0.25, 0.3) is 0 Å². The van der Waals surface area contributed by atoms with E-state index in [-0.39, 0.29) is 30.8 Å². The number of nitrogens with one attached hydrogen (secondary N) is 1. The Morgan fingerprint density at radius 3 is 2.34 bits per heavy atom. The van der Waals surface area contributed by atoms with E-state index in [0.717, 1.165) is 12.0 Å². The van der Waals surface area contributed by atoms with Gasteiger partial charge in [-0.1, -0.05) is 37.3 Å². The highest BCUT2D eigenvalue weighted by Gasteiger charge is 2.27. The van der Waals surface area contributed by atoms with E-state index in [2.05, 4.69) is 5.32 Å². The molecule has 2 rings (SSSR count). The molecule has 0 bridgehead atoms. The van der Waals surface area contributed by atoms with Crippen molar-refractivity contribution in [3.8, 4) is 5.75 Å². The SMILES string of the molecule is CC[C@@H](C)NC(=O)[C@@H](C)N(Cc1ccc(OC)cc1)C(=O)Cc1ccccc1F. The second-order valence-corrected chi connectivity index (χ2v) is 7.13. The number of benzene rings is 2. The minimum atomic E-state index is -0.689. The maximum Gasteiger partial charge on any atom is 0.242 e. The van der Waals surface area contributed by atoms with Crippen LogP contribution in [0, 0.1) is 5.82 Å². The van der Waals surface area contributed by atoms with Gasteiger partial charge in [0.2, 0.25) is 11.8 Å². The van der Waals surface area contributed by atoms with Gasteiger partial charge in [-0.2, -0.15) is 0 Å². The molecule has 0 aromatic heterocycles. The third-order valence-electron chi connectivity index (χ3n) is 4.98. The Kier molecular flexibility index (Phi) is 8.19. The summed E-state index contributed by atoms with van der Waals surface area (Å²) in [4.78, 5) is 27.2. The smallest absolute Gasteiger partial charge is 0.242 e. The largest absolute Gasteiger partial charge is 0.497 e. The van der Waals surface area contributed by atoms with E-state index in [1.54, 1.807) is 44.4 Å². The minimum Gasteiger partial charge on any atom is -0.497 e. The third-order valence-corrected chi connectivity index (χ3v) is 4.98. The summed E-state index contributed by atoms with van der Waals surface area (Å²) in [5, 5.41) is 2.92. The predicted octanol–water partition coefficient (Wildman–Crippen LogP) is 3.71. The molecule has 2 amide bonds. The molecule has 0 unspecified atom stereocenters. The van der Waals surface area contributed by atoms with Crippen molar-refractivity contribution in [2.45, 2.75) is 52.2 Å². The molecule has 0 spiro atoms. The average molecular weight is 400 g/mol. The van der Waals surface area contributed by atoms with Gasteiger partial charge in [-0.05, 0) is 49.6 Å². The molecular weight excluding hydrogens is 371 g/mol. The molecule has 156 valence electrons. The van der Waals surface area contributed by atoms with E-state index >= 15 is 0 Å². The fourth-order valence-corrected chi connectivity index (χ4v) is 2.88. The number of halogens is 1. The Bertz CT molecular complexity index is 823. The van der Waals surface area contributed by atoms with Gasteiger partial charge in [0.15, 0.2) is 0 Å². The lowest BCUT2D eigenvalue weighted by Gasteiger charge is -2.30. The van der Waals surface area contributed by atoms with Crippen molar-refractivity contribution in [2.24, 2.45) is 0 Å². The molecule has 5 nitrogen and oxygen atoms in total. The Morgan fingerprint density at radius 1 is 1.10 bits per heavy atom. The first-order valence-corrected chi connectivity index (χ1v) is 9.81. The van der Waals surface area contributed by atoms with Crippen LogP contribution in [0.5, 0.6) is 5.75 Å². The van der Waals surface area contributed by atoms with Crippen molar-refractivity contribution in [3.05, 3.63) is 65.5 Å². The molecule has 0 aliphatic carbocycles. The summed E-state index contributed by atoms with van der Waals surface area (Å²) in [5.41, 5.74) is 1.17. The van der Waals surface area contributed by atoms with Gasteiger partial charge in [0, 0.05) is 12.6 Å². The quantitative estimate of drug-likeness (QED) is 0.698. The number of carbonyl (C=O) groups is 2. The molecule has 0 fully saturated rings. The molecule has 0 aliphatic heterocycles. The normalized spacial score (nSPS) is 12.7. The van der Waals surface area contributed by atoms with Crippen molar-refractivity contribution in [1.82, 2.24) is 10.2 Å². The van der Waals surface area contributed by atoms with Gasteiger partial charge < -0.3 is 15.0 Å². The van der Waals surface area contributed by atoms with Gasteiger partial charge in [-0.15, -0.1) is 0 Å². The molecule has 2 atom stereocenters. The molecule has 29 heavy (non-hydrogen) atoms. The summed E-state index contributed by atoms with van der Waals surface area (Å²) in [6.45, 7) is 5.83. The highest BCUT2D eigenvalue weighted by atomic mass is 19.1. The fraction of sp³-hybridized carbons (Fsp3) is 0.391. The molecule has 0 radical (unpaired) electrons. The van der Waals surface area contributed by atoms with Crippen LogP contribution in [0.2, 0.25) is 0 Å². The summed E-state index contributed by atoms with van der Waals surface area (Å²) >= 11 is 0. The van der Waals surface area contributed by atoms with Crippen LogP contribution < -0.4 is 10.1 Å². The minimum absolute atomic E-state index is 0.00876. The summed E-state index contributed by atoms with van der Waals surface area (Å²) < 4.78 is 19.2. The summed E-state index contributed by atoms with van der Waals surface area (Å²) in [7, 11) is 1.58. The molecule has 0 heterocycles. The van der Waals surface area contributed by atoms with Gasteiger partial charge in [0.1, 0.15) is 17.6 Å². The van der Waals surface area contributed by atoms with Crippen LogP contribution >= 0.6 is 0 Å². The lowest BCUT2D eigenvalue weighted by atomic mass is 10.1. The average Bonchev–Trinajstić information content (AvgIpc) is 2.73. The number of hydrogen-bond donors (Lipinski definition) is 1. The number of nitrogens with zero attached hydrogens (tertiary/aromatic N) is 1. The molecule has 1 N–H and O–H groups in total. The number of amides is 2. The van der Waals surface area contributed by atoms with E-state index < -0.39 is 11.9 Å². The monoisotopic (exact) mass is 400 g/mol. The molecule has 6 heteroatoms. The van der Waals surface area contributed by atoms with Crippen LogP contribution in [0.4, 0.5) is 4.39 Å². The molecule has 2 aromatic carbocycles. The summed E-state index contributed by atoms with van der Waals surface area (Å²) in [6, 6.07) is 12.8. The second-order valence-electron chi connectivity index (χ2n) is 7.13. The van der Waals surface area contributed by atoms with Gasteiger partial charge >= 0.3 is 0 Å². The number of carbonyl (C=O) groups excluding carboxylic acids is 2. The number of ether oxygens (including phenoxy) is 1. The zero-order chi connectivity index (χ0) is 21.4. The number of hydrogen-bond acceptors (Lipinski definition) is 3. The zero-order valence-electron chi connectivity index (χ0n) is 17.4. The first-order chi connectivity index (χ1) is 13.8. The molecular formula is C23H29FN2O3. The Hall–Kier alpha value is -2.89. The Labute approximate surface area is 171 Å². The second kappa shape index (κ2) is 10.6. The lowest BCUT2D eigenvalue weighted by Crippen LogP contribution is -2.49. The summed E-state index contributed by atoms with van der Waals surface area (Å²) in [5.74, 6) is -0.255. The molecule has 2 aromatic rings.